The molecule has 4 aromatic heterocycles. The molecule has 45 heavy (non-hydrogen) atoms. The molecule has 9 aromatic rings. The summed E-state index contributed by atoms with van der Waals surface area (Å²) in [6, 6.07) is 44.4. The smallest absolute Gasteiger partial charge is 0.138 e. The van der Waals surface area contributed by atoms with Crippen LogP contribution in [0.2, 0.25) is 0 Å². The van der Waals surface area contributed by atoms with Crippen LogP contribution in [0.1, 0.15) is 0 Å². The van der Waals surface area contributed by atoms with Gasteiger partial charge in [0.15, 0.2) is 0 Å². The molecule has 0 saturated heterocycles. The Labute approximate surface area is 258 Å². The van der Waals surface area contributed by atoms with Crippen molar-refractivity contribution in [2.45, 2.75) is 0 Å². The van der Waals surface area contributed by atoms with Crippen LogP contribution >= 0.6 is 0 Å². The van der Waals surface area contributed by atoms with Crippen molar-refractivity contribution in [3.8, 4) is 22.3 Å². The van der Waals surface area contributed by atoms with Gasteiger partial charge < -0.3 is 13.7 Å². The zero-order chi connectivity index (χ0) is 29.7. The zero-order valence-corrected chi connectivity index (χ0v) is 24.1. The molecule has 0 amide bonds. The first-order valence-corrected chi connectivity index (χ1v) is 14.9. The molecule has 0 spiro atoms. The molecule has 0 atom stereocenters. The number of rotatable bonds is 5. The Morgan fingerprint density at radius 1 is 0.422 bits per heavy atom. The molecule has 0 aliphatic rings. The van der Waals surface area contributed by atoms with Crippen molar-refractivity contribution in [2.75, 3.05) is 4.90 Å². The van der Waals surface area contributed by atoms with Crippen molar-refractivity contribution in [1.82, 2.24) is 9.97 Å². The van der Waals surface area contributed by atoms with E-state index in [9.17, 15) is 0 Å². The summed E-state index contributed by atoms with van der Waals surface area (Å²) >= 11 is 0. The van der Waals surface area contributed by atoms with Crippen LogP contribution in [-0.4, -0.2) is 9.97 Å². The number of para-hydroxylation sites is 1. The van der Waals surface area contributed by atoms with Crippen LogP contribution in [0.4, 0.5) is 17.1 Å². The number of fused-ring (bicyclic) bond motifs is 6. The Bertz CT molecular complexity index is 2380. The van der Waals surface area contributed by atoms with Gasteiger partial charge in [0, 0.05) is 63.3 Å². The number of hydrogen-bond acceptors (Lipinski definition) is 5. The van der Waals surface area contributed by atoms with Gasteiger partial charge in [-0.05, 0) is 71.3 Å². The summed E-state index contributed by atoms with van der Waals surface area (Å²) in [5.41, 5.74) is 11.0. The standard InChI is InChI=1S/C40H25N3O2/c1-2-6-26(7-3-1)27-10-12-28(13-11-27)31-8-4-5-9-36(31)43(29-14-16-37-32(22-29)34-24-41-20-18-39(34)44-37)30-15-17-38-33(23-30)35-25-42-21-19-40(35)45-38/h1-25H. The first-order chi connectivity index (χ1) is 22.3. The van der Waals surface area contributed by atoms with E-state index in [-0.39, 0.29) is 0 Å². The molecule has 4 heterocycles. The molecule has 5 aromatic carbocycles. The van der Waals surface area contributed by atoms with Crippen LogP contribution in [0.3, 0.4) is 0 Å². The van der Waals surface area contributed by atoms with Gasteiger partial charge in [-0.1, -0.05) is 72.8 Å². The van der Waals surface area contributed by atoms with E-state index < -0.39 is 0 Å². The quantitative estimate of drug-likeness (QED) is 0.203. The summed E-state index contributed by atoms with van der Waals surface area (Å²) in [5, 5.41) is 4.01. The van der Waals surface area contributed by atoms with E-state index in [4.69, 9.17) is 8.83 Å². The van der Waals surface area contributed by atoms with Crippen molar-refractivity contribution in [3.05, 3.63) is 152 Å². The van der Waals surface area contributed by atoms with Crippen molar-refractivity contribution >= 4 is 60.9 Å². The number of pyridine rings is 2. The third-order valence-electron chi connectivity index (χ3n) is 8.47. The van der Waals surface area contributed by atoms with E-state index in [1.807, 2.05) is 42.7 Å². The predicted octanol–water partition coefficient (Wildman–Crippen LogP) is 11.1. The average Bonchev–Trinajstić information content (AvgIpc) is 3.67. The first-order valence-electron chi connectivity index (χ1n) is 14.9. The molecular weight excluding hydrogens is 554 g/mol. The lowest BCUT2D eigenvalue weighted by Crippen LogP contribution is -2.11. The summed E-state index contributed by atoms with van der Waals surface area (Å²) in [6.45, 7) is 0. The van der Waals surface area contributed by atoms with Crippen molar-refractivity contribution < 1.29 is 8.83 Å². The highest BCUT2D eigenvalue weighted by Gasteiger charge is 2.20. The second-order valence-electron chi connectivity index (χ2n) is 11.1. The van der Waals surface area contributed by atoms with Gasteiger partial charge >= 0.3 is 0 Å². The van der Waals surface area contributed by atoms with E-state index in [0.717, 1.165) is 72.1 Å². The maximum Gasteiger partial charge on any atom is 0.138 e. The third kappa shape index (κ3) is 4.25. The molecule has 0 unspecified atom stereocenters. The Morgan fingerprint density at radius 2 is 0.933 bits per heavy atom. The molecule has 5 heteroatoms. The second kappa shape index (κ2) is 10.2. The van der Waals surface area contributed by atoms with Crippen LogP contribution in [-0.2, 0) is 0 Å². The van der Waals surface area contributed by atoms with Crippen molar-refractivity contribution in [2.24, 2.45) is 0 Å². The molecule has 0 bridgehead atoms. The molecule has 5 nitrogen and oxygen atoms in total. The molecule has 212 valence electrons. The fourth-order valence-corrected chi connectivity index (χ4v) is 6.31. The lowest BCUT2D eigenvalue weighted by molar-refractivity contribution is 0.668. The average molecular weight is 580 g/mol. The zero-order valence-electron chi connectivity index (χ0n) is 24.1. The Morgan fingerprint density at radius 3 is 1.56 bits per heavy atom. The largest absolute Gasteiger partial charge is 0.456 e. The van der Waals surface area contributed by atoms with Gasteiger partial charge in [0.05, 0.1) is 5.69 Å². The molecule has 0 aliphatic heterocycles. The van der Waals surface area contributed by atoms with Gasteiger partial charge in [0.2, 0.25) is 0 Å². The lowest BCUT2D eigenvalue weighted by Gasteiger charge is -2.28. The highest BCUT2D eigenvalue weighted by molar-refractivity contribution is 6.08. The molecule has 0 radical (unpaired) electrons. The number of aromatic nitrogens is 2. The summed E-state index contributed by atoms with van der Waals surface area (Å²) in [4.78, 5) is 11.1. The van der Waals surface area contributed by atoms with Gasteiger partial charge in [0.1, 0.15) is 22.3 Å². The van der Waals surface area contributed by atoms with E-state index in [2.05, 4.69) is 112 Å². The molecular formula is C40H25N3O2. The van der Waals surface area contributed by atoms with Crippen LogP contribution in [0.5, 0.6) is 0 Å². The minimum atomic E-state index is 0.821. The van der Waals surface area contributed by atoms with E-state index in [1.165, 1.54) is 11.1 Å². The fourth-order valence-electron chi connectivity index (χ4n) is 6.31. The summed E-state index contributed by atoms with van der Waals surface area (Å²) < 4.78 is 12.3. The molecule has 0 fully saturated rings. The number of furan rings is 2. The Hall–Kier alpha value is -6.20. The summed E-state index contributed by atoms with van der Waals surface area (Å²) in [5.74, 6) is 0. The molecule has 0 N–H and O–H groups in total. The fraction of sp³-hybridized carbons (Fsp3) is 0. The highest BCUT2D eigenvalue weighted by atomic mass is 16.3. The van der Waals surface area contributed by atoms with Crippen LogP contribution in [0.15, 0.2) is 161 Å². The van der Waals surface area contributed by atoms with Crippen molar-refractivity contribution in [3.63, 3.8) is 0 Å². The van der Waals surface area contributed by atoms with Gasteiger partial charge in [-0.3, -0.25) is 9.97 Å². The SMILES string of the molecule is c1ccc(-c2ccc(-c3ccccc3N(c3ccc4oc5ccncc5c4c3)c3ccc4oc5ccncc5c4c3)cc2)cc1. The normalized spacial score (nSPS) is 11.6. The topological polar surface area (TPSA) is 55.3 Å². The molecule has 9 rings (SSSR count). The first kappa shape index (κ1) is 25.3. The minimum absolute atomic E-state index is 0.821. The Balaban J connectivity index is 1.26. The van der Waals surface area contributed by atoms with Gasteiger partial charge in [-0.25, -0.2) is 0 Å². The van der Waals surface area contributed by atoms with Crippen LogP contribution in [0.25, 0.3) is 66.1 Å². The van der Waals surface area contributed by atoms with Crippen LogP contribution in [0, 0.1) is 0 Å². The van der Waals surface area contributed by atoms with E-state index in [0.29, 0.717) is 0 Å². The monoisotopic (exact) mass is 579 g/mol. The second-order valence-corrected chi connectivity index (χ2v) is 11.1. The van der Waals surface area contributed by atoms with Gasteiger partial charge in [-0.2, -0.15) is 0 Å². The van der Waals surface area contributed by atoms with Crippen LogP contribution < -0.4 is 4.90 Å². The van der Waals surface area contributed by atoms with Gasteiger partial charge in [-0.15, -0.1) is 0 Å². The third-order valence-corrected chi connectivity index (χ3v) is 8.47. The van der Waals surface area contributed by atoms with Gasteiger partial charge in [0.25, 0.3) is 0 Å². The number of hydrogen-bond donors (Lipinski definition) is 0. The minimum Gasteiger partial charge on any atom is -0.456 e. The van der Waals surface area contributed by atoms with E-state index in [1.54, 1.807) is 12.4 Å². The number of nitrogens with zero attached hydrogens (tertiary/aromatic N) is 3. The number of benzene rings is 5. The van der Waals surface area contributed by atoms with E-state index >= 15 is 0 Å². The number of anilines is 3. The lowest BCUT2D eigenvalue weighted by atomic mass is 9.98. The highest BCUT2D eigenvalue weighted by Crippen LogP contribution is 2.44. The Kier molecular flexibility index (Phi) is 5.74. The summed E-state index contributed by atoms with van der Waals surface area (Å²) in [7, 11) is 0. The summed E-state index contributed by atoms with van der Waals surface area (Å²) in [6.07, 6.45) is 7.26. The molecule has 0 saturated carbocycles. The predicted molar refractivity (Wildman–Crippen MR) is 182 cm³/mol. The maximum atomic E-state index is 6.16. The van der Waals surface area contributed by atoms with Crippen molar-refractivity contribution in [1.29, 1.82) is 0 Å². The molecule has 0 aliphatic carbocycles. The maximum absolute atomic E-state index is 6.16.